The lowest BCUT2D eigenvalue weighted by molar-refractivity contribution is -0.122. The van der Waals surface area contributed by atoms with Gasteiger partial charge in [-0.25, -0.2) is 4.98 Å². The summed E-state index contributed by atoms with van der Waals surface area (Å²) < 4.78 is 5.45. The topological polar surface area (TPSA) is 107 Å². The number of primary amides is 1. The molecule has 0 spiro atoms. The number of aromatic nitrogens is 2. The monoisotopic (exact) mass is 308 g/mol. The molecule has 0 saturated carbocycles. The number of H-pyrrole nitrogens is 1. The van der Waals surface area contributed by atoms with Crippen LogP contribution in [0.15, 0.2) is 23.4 Å². The van der Waals surface area contributed by atoms with E-state index in [9.17, 15) is 4.79 Å². The highest BCUT2D eigenvalue weighted by molar-refractivity contribution is 7.99. The summed E-state index contributed by atoms with van der Waals surface area (Å²) in [6.45, 7) is 4.22. The Morgan fingerprint density at radius 2 is 2.29 bits per heavy atom. The second-order valence-corrected chi connectivity index (χ2v) is 6.12. The van der Waals surface area contributed by atoms with Gasteiger partial charge >= 0.3 is 0 Å². The Bertz CT molecular complexity index is 639. The van der Waals surface area contributed by atoms with Crippen molar-refractivity contribution in [2.45, 2.75) is 31.0 Å². The minimum Gasteiger partial charge on any atom is -0.494 e. The Labute approximate surface area is 127 Å². The fourth-order valence-electron chi connectivity index (χ4n) is 1.77. The smallest absolute Gasteiger partial charge is 0.237 e. The van der Waals surface area contributed by atoms with Crippen LogP contribution in [0.3, 0.4) is 0 Å². The van der Waals surface area contributed by atoms with Crippen LogP contribution in [0.5, 0.6) is 5.75 Å². The van der Waals surface area contributed by atoms with Gasteiger partial charge in [0.2, 0.25) is 5.91 Å². The number of thioether (sulfide) groups is 1. The molecule has 1 atom stereocenters. The summed E-state index contributed by atoms with van der Waals surface area (Å²) in [6.07, 6.45) is 0.494. The first kappa shape index (κ1) is 15.7. The number of nitrogens with two attached hydrogens (primary N) is 2. The molecule has 0 saturated heterocycles. The normalized spacial score (nSPS) is 14.0. The van der Waals surface area contributed by atoms with Gasteiger partial charge in [0.05, 0.1) is 23.2 Å². The number of ether oxygens (including phenoxy) is 1. The predicted octanol–water partition coefficient (Wildman–Crippen LogP) is 1.65. The average Bonchev–Trinajstić information content (AvgIpc) is 2.80. The van der Waals surface area contributed by atoms with Gasteiger partial charge in [-0.1, -0.05) is 11.8 Å². The quantitative estimate of drug-likeness (QED) is 0.674. The Morgan fingerprint density at radius 1 is 1.52 bits per heavy atom. The summed E-state index contributed by atoms with van der Waals surface area (Å²) in [5.74, 6) is 0.983. The molecule has 0 fully saturated rings. The van der Waals surface area contributed by atoms with Gasteiger partial charge < -0.3 is 21.2 Å². The summed E-state index contributed by atoms with van der Waals surface area (Å²) in [4.78, 5) is 18.9. The highest BCUT2D eigenvalue weighted by atomic mass is 32.2. The third kappa shape index (κ3) is 3.89. The van der Waals surface area contributed by atoms with Gasteiger partial charge in [0.15, 0.2) is 5.16 Å². The van der Waals surface area contributed by atoms with Crippen LogP contribution in [0, 0.1) is 0 Å². The highest BCUT2D eigenvalue weighted by Crippen LogP contribution is 2.24. The Balaban J connectivity index is 2.01. The van der Waals surface area contributed by atoms with E-state index in [4.69, 9.17) is 16.2 Å². The van der Waals surface area contributed by atoms with Crippen molar-refractivity contribution in [3.8, 4) is 5.75 Å². The van der Waals surface area contributed by atoms with Crippen LogP contribution in [0.2, 0.25) is 0 Å². The number of carbonyl (C=O) groups is 1. The lowest BCUT2D eigenvalue weighted by Crippen LogP contribution is -2.49. The second kappa shape index (κ2) is 6.36. The molecule has 1 unspecified atom stereocenters. The van der Waals surface area contributed by atoms with Gasteiger partial charge in [0.1, 0.15) is 5.75 Å². The van der Waals surface area contributed by atoms with Crippen LogP contribution in [-0.4, -0.2) is 33.8 Å². The fourth-order valence-corrected chi connectivity index (χ4v) is 2.84. The first-order chi connectivity index (χ1) is 9.92. The highest BCUT2D eigenvalue weighted by Gasteiger charge is 2.25. The van der Waals surface area contributed by atoms with Gasteiger partial charge in [0.25, 0.3) is 0 Å². The minimum absolute atomic E-state index is 0.492. The van der Waals surface area contributed by atoms with Crippen LogP contribution < -0.4 is 16.2 Å². The van der Waals surface area contributed by atoms with E-state index in [-0.39, 0.29) is 0 Å². The standard InChI is InChI=1S/C14H20N4O2S/c1-3-20-9-4-5-10-11(8-9)18-13(17-10)21-7-6-14(2,16)12(15)19/h4-5,8H,3,6-7,16H2,1-2H3,(H2,15,19)(H,17,18). The SMILES string of the molecule is CCOc1ccc2nc(SCCC(C)(N)C(N)=O)[nH]c2c1. The third-order valence-corrected chi connectivity index (χ3v) is 4.04. The first-order valence-corrected chi connectivity index (χ1v) is 7.75. The van der Waals surface area contributed by atoms with E-state index in [1.807, 2.05) is 25.1 Å². The van der Waals surface area contributed by atoms with Gasteiger partial charge in [-0.2, -0.15) is 0 Å². The van der Waals surface area contributed by atoms with Crippen molar-refractivity contribution in [3.05, 3.63) is 18.2 Å². The molecule has 0 radical (unpaired) electrons. The average molecular weight is 308 g/mol. The van der Waals surface area contributed by atoms with Crippen LogP contribution >= 0.6 is 11.8 Å². The van der Waals surface area contributed by atoms with Crippen molar-refractivity contribution in [1.82, 2.24) is 9.97 Å². The summed E-state index contributed by atoms with van der Waals surface area (Å²) in [7, 11) is 0. The summed E-state index contributed by atoms with van der Waals surface area (Å²) in [5, 5.41) is 0.791. The van der Waals surface area contributed by atoms with Crippen molar-refractivity contribution in [2.24, 2.45) is 11.5 Å². The molecule has 1 aromatic carbocycles. The molecule has 0 bridgehead atoms. The Morgan fingerprint density at radius 3 is 2.95 bits per heavy atom. The molecule has 2 aromatic rings. The van der Waals surface area contributed by atoms with Gasteiger partial charge in [-0.15, -0.1) is 0 Å². The van der Waals surface area contributed by atoms with E-state index in [2.05, 4.69) is 9.97 Å². The van der Waals surface area contributed by atoms with Crippen molar-refractivity contribution in [2.75, 3.05) is 12.4 Å². The number of benzene rings is 1. The van der Waals surface area contributed by atoms with Crippen molar-refractivity contribution in [3.63, 3.8) is 0 Å². The number of carbonyl (C=O) groups excluding carboxylic acids is 1. The number of rotatable bonds is 7. The molecule has 1 amide bonds. The largest absolute Gasteiger partial charge is 0.494 e. The van der Waals surface area contributed by atoms with E-state index in [1.54, 1.807) is 6.92 Å². The number of aromatic amines is 1. The number of amides is 1. The summed E-state index contributed by atoms with van der Waals surface area (Å²) >= 11 is 1.51. The van der Waals surface area contributed by atoms with Crippen LogP contribution in [0.4, 0.5) is 0 Å². The van der Waals surface area contributed by atoms with Gasteiger partial charge in [0, 0.05) is 11.8 Å². The number of hydrogen-bond donors (Lipinski definition) is 3. The molecule has 0 aliphatic carbocycles. The Kier molecular flexibility index (Phi) is 4.74. The minimum atomic E-state index is -0.985. The maximum absolute atomic E-state index is 11.2. The van der Waals surface area contributed by atoms with E-state index in [0.29, 0.717) is 18.8 Å². The summed E-state index contributed by atoms with van der Waals surface area (Å²) in [6, 6.07) is 5.73. The molecular formula is C14H20N4O2S. The lowest BCUT2D eigenvalue weighted by atomic mass is 10.0. The number of fused-ring (bicyclic) bond motifs is 1. The van der Waals surface area contributed by atoms with Crippen LogP contribution in [0.1, 0.15) is 20.3 Å². The van der Waals surface area contributed by atoms with Crippen molar-refractivity contribution >= 4 is 28.7 Å². The predicted molar refractivity (Wildman–Crippen MR) is 84.4 cm³/mol. The molecule has 1 heterocycles. The third-order valence-electron chi connectivity index (χ3n) is 3.17. The maximum Gasteiger partial charge on any atom is 0.237 e. The van der Waals surface area contributed by atoms with Crippen molar-refractivity contribution < 1.29 is 9.53 Å². The lowest BCUT2D eigenvalue weighted by Gasteiger charge is -2.19. The Hall–Kier alpha value is -1.73. The molecule has 5 N–H and O–H groups in total. The zero-order chi connectivity index (χ0) is 15.5. The van der Waals surface area contributed by atoms with Gasteiger partial charge in [-0.05, 0) is 32.4 Å². The second-order valence-electron chi connectivity index (χ2n) is 5.03. The number of nitrogens with zero attached hydrogens (tertiary/aromatic N) is 1. The zero-order valence-corrected chi connectivity index (χ0v) is 13.0. The summed E-state index contributed by atoms with van der Waals surface area (Å²) in [5.41, 5.74) is 11.9. The van der Waals surface area contributed by atoms with E-state index in [1.165, 1.54) is 11.8 Å². The number of hydrogen-bond acceptors (Lipinski definition) is 5. The molecular weight excluding hydrogens is 288 g/mol. The molecule has 6 nitrogen and oxygen atoms in total. The molecule has 114 valence electrons. The molecule has 0 aliphatic heterocycles. The fraction of sp³-hybridized carbons (Fsp3) is 0.429. The molecule has 1 aromatic heterocycles. The first-order valence-electron chi connectivity index (χ1n) is 6.76. The molecule has 0 aliphatic rings. The van der Waals surface area contributed by atoms with E-state index < -0.39 is 11.4 Å². The molecule has 2 rings (SSSR count). The molecule has 7 heteroatoms. The van der Waals surface area contributed by atoms with E-state index in [0.717, 1.165) is 21.9 Å². The zero-order valence-electron chi connectivity index (χ0n) is 12.2. The van der Waals surface area contributed by atoms with Crippen LogP contribution in [0.25, 0.3) is 11.0 Å². The van der Waals surface area contributed by atoms with Gasteiger partial charge in [-0.3, -0.25) is 4.79 Å². The number of imidazole rings is 1. The maximum atomic E-state index is 11.2. The number of nitrogens with one attached hydrogen (secondary N) is 1. The van der Waals surface area contributed by atoms with E-state index >= 15 is 0 Å². The van der Waals surface area contributed by atoms with Crippen molar-refractivity contribution in [1.29, 1.82) is 0 Å². The molecule has 21 heavy (non-hydrogen) atoms. The van der Waals surface area contributed by atoms with Crippen LogP contribution in [-0.2, 0) is 4.79 Å².